The van der Waals surface area contributed by atoms with Gasteiger partial charge in [0.15, 0.2) is 0 Å². The smallest absolute Gasteiger partial charge is 0.271 e. The highest BCUT2D eigenvalue weighted by Gasteiger charge is 2.18. The molecule has 0 saturated carbocycles. The largest absolute Gasteiger partial charge is 0.395 e. The van der Waals surface area contributed by atoms with Gasteiger partial charge in [-0.3, -0.25) is 14.3 Å². The van der Waals surface area contributed by atoms with Crippen LogP contribution in [-0.4, -0.2) is 34.7 Å². The molecule has 0 unspecified atom stereocenters. The fraction of sp³-hybridized carbons (Fsp3) is 0.643. The van der Waals surface area contributed by atoms with Crippen LogP contribution in [0.15, 0.2) is 0 Å². The molecule has 7 nitrogen and oxygen atoms in total. The molecule has 1 heterocycles. The predicted molar refractivity (Wildman–Crippen MR) is 81.8 cm³/mol. The Balaban J connectivity index is 2.50. The first-order chi connectivity index (χ1) is 9.86. The van der Waals surface area contributed by atoms with Crippen LogP contribution in [-0.2, 0) is 11.3 Å². The van der Waals surface area contributed by atoms with Gasteiger partial charge in [0.25, 0.3) is 5.91 Å². The number of amides is 2. The number of rotatable bonds is 7. The van der Waals surface area contributed by atoms with Gasteiger partial charge in [0.2, 0.25) is 5.91 Å². The summed E-state index contributed by atoms with van der Waals surface area (Å²) in [7, 11) is 0. The maximum Gasteiger partial charge on any atom is 0.271 e. The molecule has 4 N–H and O–H groups in total. The lowest BCUT2D eigenvalue weighted by Gasteiger charge is -2.09. The van der Waals surface area contributed by atoms with E-state index in [0.29, 0.717) is 36.1 Å². The molecule has 0 fully saturated rings. The van der Waals surface area contributed by atoms with Gasteiger partial charge >= 0.3 is 0 Å². The Hall–Kier alpha value is -2.05. The molecule has 2 amide bonds. The van der Waals surface area contributed by atoms with Crippen LogP contribution in [0.1, 0.15) is 43.4 Å². The number of aromatic nitrogens is 2. The third kappa shape index (κ3) is 4.77. The van der Waals surface area contributed by atoms with Crippen LogP contribution in [0, 0.1) is 12.8 Å². The van der Waals surface area contributed by atoms with Gasteiger partial charge in [-0.1, -0.05) is 13.8 Å². The number of anilines is 1. The number of nitrogen functional groups attached to an aromatic ring is 1. The molecular weight excluding hydrogens is 270 g/mol. The SMILES string of the molecule is CCn1nc(C)c(N)c1C(=O)NCCC(=O)NCC(C)C. The van der Waals surface area contributed by atoms with Crippen molar-refractivity contribution in [1.29, 1.82) is 0 Å². The number of hydrogen-bond donors (Lipinski definition) is 3. The summed E-state index contributed by atoms with van der Waals surface area (Å²) in [5.74, 6) is 0.0361. The lowest BCUT2D eigenvalue weighted by Crippen LogP contribution is -2.33. The Morgan fingerprint density at radius 3 is 2.57 bits per heavy atom. The van der Waals surface area contributed by atoms with E-state index in [2.05, 4.69) is 15.7 Å². The summed E-state index contributed by atoms with van der Waals surface area (Å²) in [5.41, 5.74) is 7.25. The molecule has 0 aliphatic heterocycles. The summed E-state index contributed by atoms with van der Waals surface area (Å²) in [5, 5.41) is 9.70. The van der Waals surface area contributed by atoms with Crippen LogP contribution in [0.25, 0.3) is 0 Å². The molecule has 0 aromatic carbocycles. The summed E-state index contributed by atoms with van der Waals surface area (Å²) >= 11 is 0. The van der Waals surface area contributed by atoms with Crippen molar-refractivity contribution in [2.24, 2.45) is 5.92 Å². The molecule has 1 aromatic rings. The predicted octanol–water partition coefficient (Wildman–Crippen LogP) is 0.686. The third-order valence-electron chi connectivity index (χ3n) is 3.03. The molecule has 1 aromatic heterocycles. The first-order valence-corrected chi connectivity index (χ1v) is 7.24. The van der Waals surface area contributed by atoms with Crippen LogP contribution in [0.2, 0.25) is 0 Å². The Morgan fingerprint density at radius 2 is 2.00 bits per heavy atom. The topological polar surface area (TPSA) is 102 Å². The minimum atomic E-state index is -0.299. The maximum atomic E-state index is 12.1. The van der Waals surface area contributed by atoms with Gasteiger partial charge in [-0.25, -0.2) is 0 Å². The molecule has 0 atom stereocenters. The van der Waals surface area contributed by atoms with Gasteiger partial charge in [-0.05, 0) is 19.8 Å². The van der Waals surface area contributed by atoms with Crippen molar-refractivity contribution >= 4 is 17.5 Å². The molecule has 0 bridgehead atoms. The highest BCUT2D eigenvalue weighted by molar-refractivity contribution is 5.98. The average molecular weight is 295 g/mol. The zero-order chi connectivity index (χ0) is 16.0. The highest BCUT2D eigenvalue weighted by atomic mass is 16.2. The number of carbonyl (C=O) groups is 2. The van der Waals surface area contributed by atoms with Crippen molar-refractivity contribution < 1.29 is 9.59 Å². The molecule has 0 radical (unpaired) electrons. The van der Waals surface area contributed by atoms with E-state index in [1.165, 1.54) is 0 Å². The summed E-state index contributed by atoms with van der Waals surface area (Å²) in [6, 6.07) is 0. The van der Waals surface area contributed by atoms with E-state index in [9.17, 15) is 9.59 Å². The van der Waals surface area contributed by atoms with Gasteiger partial charge in [-0.2, -0.15) is 5.10 Å². The Labute approximate surface area is 125 Å². The second-order valence-corrected chi connectivity index (χ2v) is 5.37. The number of nitrogens with one attached hydrogen (secondary N) is 2. The van der Waals surface area contributed by atoms with E-state index in [0.717, 1.165) is 0 Å². The van der Waals surface area contributed by atoms with E-state index in [-0.39, 0.29) is 24.8 Å². The third-order valence-corrected chi connectivity index (χ3v) is 3.03. The van der Waals surface area contributed by atoms with Gasteiger partial charge < -0.3 is 16.4 Å². The summed E-state index contributed by atoms with van der Waals surface area (Å²) in [6.45, 7) is 9.19. The monoisotopic (exact) mass is 295 g/mol. The average Bonchev–Trinajstić information content (AvgIpc) is 2.72. The van der Waals surface area contributed by atoms with Crippen LogP contribution in [0.3, 0.4) is 0 Å². The van der Waals surface area contributed by atoms with Gasteiger partial charge in [0.05, 0.1) is 11.4 Å². The molecule has 21 heavy (non-hydrogen) atoms. The Kier molecular flexibility index (Phi) is 6.20. The zero-order valence-electron chi connectivity index (χ0n) is 13.2. The van der Waals surface area contributed by atoms with Crippen molar-refractivity contribution in [3.8, 4) is 0 Å². The van der Waals surface area contributed by atoms with E-state index in [4.69, 9.17) is 5.73 Å². The van der Waals surface area contributed by atoms with Crippen molar-refractivity contribution in [3.63, 3.8) is 0 Å². The first-order valence-electron chi connectivity index (χ1n) is 7.24. The minimum Gasteiger partial charge on any atom is -0.395 e. The number of nitrogens with two attached hydrogens (primary N) is 1. The Bertz CT molecular complexity index is 508. The van der Waals surface area contributed by atoms with Gasteiger partial charge in [0, 0.05) is 26.1 Å². The molecule has 0 aliphatic carbocycles. The lowest BCUT2D eigenvalue weighted by molar-refractivity contribution is -0.121. The summed E-state index contributed by atoms with van der Waals surface area (Å²) in [6.07, 6.45) is 0.248. The zero-order valence-corrected chi connectivity index (χ0v) is 13.2. The number of nitrogens with zero attached hydrogens (tertiary/aromatic N) is 2. The normalized spacial score (nSPS) is 10.7. The van der Waals surface area contributed by atoms with Gasteiger partial charge in [-0.15, -0.1) is 0 Å². The highest BCUT2D eigenvalue weighted by Crippen LogP contribution is 2.15. The lowest BCUT2D eigenvalue weighted by atomic mass is 10.2. The molecule has 0 saturated heterocycles. The van der Waals surface area contributed by atoms with Crippen molar-refractivity contribution in [2.45, 2.75) is 40.7 Å². The van der Waals surface area contributed by atoms with Gasteiger partial charge in [0.1, 0.15) is 5.69 Å². The fourth-order valence-corrected chi connectivity index (χ4v) is 1.84. The van der Waals surface area contributed by atoms with Crippen LogP contribution in [0.4, 0.5) is 5.69 Å². The first kappa shape index (κ1) is 17.0. The van der Waals surface area contributed by atoms with Crippen molar-refractivity contribution in [1.82, 2.24) is 20.4 Å². The standard InChI is InChI=1S/C14H25N5O2/c1-5-19-13(12(15)10(4)18-19)14(21)16-7-6-11(20)17-8-9(2)3/h9H,5-8,15H2,1-4H3,(H,16,21)(H,17,20). The molecule has 0 spiro atoms. The molecule has 1 rings (SSSR count). The van der Waals surface area contributed by atoms with Crippen molar-refractivity contribution in [3.05, 3.63) is 11.4 Å². The van der Waals surface area contributed by atoms with E-state index < -0.39 is 0 Å². The maximum absolute atomic E-state index is 12.1. The van der Waals surface area contributed by atoms with Crippen LogP contribution in [0.5, 0.6) is 0 Å². The fourth-order valence-electron chi connectivity index (χ4n) is 1.84. The minimum absolute atomic E-state index is 0.0721. The van der Waals surface area contributed by atoms with Crippen LogP contribution >= 0.6 is 0 Å². The summed E-state index contributed by atoms with van der Waals surface area (Å²) in [4.78, 5) is 23.7. The molecular formula is C14H25N5O2. The number of carbonyl (C=O) groups excluding carboxylic acids is 2. The second-order valence-electron chi connectivity index (χ2n) is 5.37. The quantitative estimate of drug-likeness (QED) is 0.688. The summed E-state index contributed by atoms with van der Waals surface area (Å²) < 4.78 is 1.57. The molecule has 0 aliphatic rings. The van der Waals surface area contributed by atoms with E-state index in [1.807, 2.05) is 20.8 Å². The van der Waals surface area contributed by atoms with Crippen LogP contribution < -0.4 is 16.4 Å². The molecule has 118 valence electrons. The second kappa shape index (κ2) is 7.66. The molecule has 7 heteroatoms. The van der Waals surface area contributed by atoms with E-state index >= 15 is 0 Å². The number of hydrogen-bond acceptors (Lipinski definition) is 4. The van der Waals surface area contributed by atoms with E-state index in [1.54, 1.807) is 11.6 Å². The Morgan fingerprint density at radius 1 is 1.33 bits per heavy atom. The van der Waals surface area contributed by atoms with Crippen molar-refractivity contribution in [2.75, 3.05) is 18.8 Å². The number of aryl methyl sites for hydroxylation is 2.